The van der Waals surface area contributed by atoms with Gasteiger partial charge in [0.25, 0.3) is 11.6 Å². The van der Waals surface area contributed by atoms with Crippen LogP contribution in [0.2, 0.25) is 15.1 Å². The number of carbonyl (C=O) groups excluding carboxylic acids is 1. The molecule has 1 aromatic heterocycles. The van der Waals surface area contributed by atoms with E-state index in [2.05, 4.69) is 20.7 Å². The lowest BCUT2D eigenvalue weighted by Gasteiger charge is -2.10. The van der Waals surface area contributed by atoms with Crippen molar-refractivity contribution in [3.8, 4) is 17.1 Å². The van der Waals surface area contributed by atoms with Crippen LogP contribution in [0.1, 0.15) is 5.56 Å². The van der Waals surface area contributed by atoms with Crippen LogP contribution in [0.5, 0.6) is 0 Å². The molecule has 1 N–H and O–H groups in total. The maximum absolute atomic E-state index is 12.4. The van der Waals surface area contributed by atoms with Gasteiger partial charge in [-0.05, 0) is 54.6 Å². The Morgan fingerprint density at radius 1 is 1.03 bits per heavy atom. The van der Waals surface area contributed by atoms with Gasteiger partial charge in [0.1, 0.15) is 5.02 Å². The zero-order valence-electron chi connectivity index (χ0n) is 18.1. The van der Waals surface area contributed by atoms with Gasteiger partial charge in [0.15, 0.2) is 11.0 Å². The minimum atomic E-state index is -0.593. The summed E-state index contributed by atoms with van der Waals surface area (Å²) in [6.45, 7) is 0. The Balaban J connectivity index is 1.49. The molecular formula is C23H15Cl3N6O3S. The molecule has 4 rings (SSSR count). The molecule has 0 aliphatic rings. The van der Waals surface area contributed by atoms with Crippen LogP contribution in [-0.4, -0.2) is 37.6 Å². The van der Waals surface area contributed by atoms with Crippen molar-refractivity contribution < 1.29 is 9.72 Å². The maximum atomic E-state index is 12.4. The Bertz CT molecular complexity index is 1440. The third-order valence-electron chi connectivity index (χ3n) is 4.72. The van der Waals surface area contributed by atoms with Crippen molar-refractivity contribution in [2.45, 2.75) is 5.16 Å². The molecule has 0 aliphatic heterocycles. The van der Waals surface area contributed by atoms with E-state index < -0.39 is 10.8 Å². The molecule has 1 heterocycles. The van der Waals surface area contributed by atoms with Crippen LogP contribution in [0.4, 0.5) is 5.69 Å². The Kier molecular flexibility index (Phi) is 8.21. The molecule has 182 valence electrons. The highest BCUT2D eigenvalue weighted by Crippen LogP contribution is 2.29. The third kappa shape index (κ3) is 6.21. The summed E-state index contributed by atoms with van der Waals surface area (Å²) in [5.74, 6) is 0.155. The second-order valence-electron chi connectivity index (χ2n) is 7.17. The largest absolute Gasteiger partial charge is 0.288 e. The van der Waals surface area contributed by atoms with E-state index in [-0.39, 0.29) is 16.5 Å². The number of hydrogen-bond acceptors (Lipinski definition) is 7. The number of hydrazone groups is 1. The smallest absolute Gasteiger partial charge is 0.272 e. The first-order chi connectivity index (χ1) is 17.3. The van der Waals surface area contributed by atoms with E-state index in [0.29, 0.717) is 26.6 Å². The van der Waals surface area contributed by atoms with Crippen molar-refractivity contribution >= 4 is 64.4 Å². The molecule has 3 aromatic carbocycles. The summed E-state index contributed by atoms with van der Waals surface area (Å²) in [7, 11) is 0. The molecule has 9 nitrogen and oxygen atoms in total. The molecule has 0 bridgehead atoms. The number of nitro groups is 1. The quantitative estimate of drug-likeness (QED) is 0.121. The van der Waals surface area contributed by atoms with E-state index in [4.69, 9.17) is 34.8 Å². The van der Waals surface area contributed by atoms with E-state index in [1.807, 2.05) is 28.8 Å². The average Bonchev–Trinajstić information content (AvgIpc) is 3.28. The summed E-state index contributed by atoms with van der Waals surface area (Å²) < 4.78 is 1.81. The minimum Gasteiger partial charge on any atom is -0.272 e. The average molecular weight is 562 g/mol. The molecule has 0 saturated carbocycles. The van der Waals surface area contributed by atoms with E-state index in [1.54, 1.807) is 30.3 Å². The molecule has 4 aromatic rings. The second kappa shape index (κ2) is 11.5. The van der Waals surface area contributed by atoms with Gasteiger partial charge < -0.3 is 0 Å². The molecule has 13 heteroatoms. The molecule has 0 atom stereocenters. The monoisotopic (exact) mass is 560 g/mol. The van der Waals surface area contributed by atoms with Gasteiger partial charge in [-0.2, -0.15) is 5.10 Å². The maximum Gasteiger partial charge on any atom is 0.288 e. The Labute approximate surface area is 224 Å². The van der Waals surface area contributed by atoms with Gasteiger partial charge in [0.05, 0.1) is 16.9 Å². The highest BCUT2D eigenvalue weighted by Gasteiger charge is 2.17. The SMILES string of the molecule is O=C(CSc1nnc(-c2ccc(Cl)cc2)n1-c1ccc(Cl)cc1)N/N=C/c1ccc(Cl)c([N+](=O)[O-])c1. The summed E-state index contributed by atoms with van der Waals surface area (Å²) in [5, 5.41) is 25.1. The van der Waals surface area contributed by atoms with Crippen LogP contribution in [0.3, 0.4) is 0 Å². The molecule has 0 aliphatic carbocycles. The molecule has 1 amide bonds. The Morgan fingerprint density at radius 2 is 1.69 bits per heavy atom. The van der Waals surface area contributed by atoms with Crippen molar-refractivity contribution in [3.05, 3.63) is 97.5 Å². The first-order valence-corrected chi connectivity index (χ1v) is 12.3. The molecule has 0 fully saturated rings. The van der Waals surface area contributed by atoms with Crippen LogP contribution < -0.4 is 5.43 Å². The van der Waals surface area contributed by atoms with Gasteiger partial charge in [-0.15, -0.1) is 10.2 Å². The topological polar surface area (TPSA) is 115 Å². The number of carbonyl (C=O) groups is 1. The number of amides is 1. The first kappa shape index (κ1) is 25.6. The van der Waals surface area contributed by atoms with Gasteiger partial charge in [-0.1, -0.05) is 52.6 Å². The number of hydrogen-bond donors (Lipinski definition) is 1. The number of aromatic nitrogens is 3. The number of benzene rings is 3. The fourth-order valence-electron chi connectivity index (χ4n) is 3.06. The summed E-state index contributed by atoms with van der Waals surface area (Å²) in [6.07, 6.45) is 1.29. The summed E-state index contributed by atoms with van der Waals surface area (Å²) in [6, 6.07) is 18.5. The number of nitro benzene ring substituents is 1. The van der Waals surface area contributed by atoms with Crippen molar-refractivity contribution in [1.82, 2.24) is 20.2 Å². The standard InChI is InChI=1S/C23H15Cl3N6O3S/c24-16-4-2-15(3-5-16)22-29-30-23(31(22)18-8-6-17(25)7-9-18)36-13-21(33)28-27-12-14-1-10-19(26)20(11-14)32(34)35/h1-12H,13H2,(H,28,33)/b27-12+. The normalized spacial score (nSPS) is 11.1. The van der Waals surface area contributed by atoms with E-state index in [0.717, 1.165) is 11.3 Å². The lowest BCUT2D eigenvalue weighted by Crippen LogP contribution is -2.20. The summed E-state index contributed by atoms with van der Waals surface area (Å²) in [4.78, 5) is 22.8. The van der Waals surface area contributed by atoms with E-state index in [1.165, 1.54) is 30.1 Å². The zero-order chi connectivity index (χ0) is 25.7. The van der Waals surface area contributed by atoms with Crippen molar-refractivity contribution in [2.75, 3.05) is 5.75 Å². The zero-order valence-corrected chi connectivity index (χ0v) is 21.2. The summed E-state index contributed by atoms with van der Waals surface area (Å²) >= 11 is 19.0. The van der Waals surface area contributed by atoms with Crippen molar-refractivity contribution in [2.24, 2.45) is 5.10 Å². The third-order valence-corrected chi connectivity index (χ3v) is 6.48. The lowest BCUT2D eigenvalue weighted by atomic mass is 10.2. The van der Waals surface area contributed by atoms with Gasteiger partial charge in [-0.3, -0.25) is 19.5 Å². The highest BCUT2D eigenvalue weighted by molar-refractivity contribution is 7.99. The number of thioether (sulfide) groups is 1. The first-order valence-electron chi connectivity index (χ1n) is 10.2. The molecule has 0 radical (unpaired) electrons. The number of nitrogens with zero attached hydrogens (tertiary/aromatic N) is 5. The minimum absolute atomic E-state index is 0.00948. The lowest BCUT2D eigenvalue weighted by molar-refractivity contribution is -0.384. The fourth-order valence-corrected chi connectivity index (χ4v) is 4.25. The van der Waals surface area contributed by atoms with Gasteiger partial charge >= 0.3 is 0 Å². The highest BCUT2D eigenvalue weighted by atomic mass is 35.5. The van der Waals surface area contributed by atoms with Crippen LogP contribution in [-0.2, 0) is 4.79 Å². The Hall–Kier alpha value is -3.44. The molecular weight excluding hydrogens is 547 g/mol. The fraction of sp³-hybridized carbons (Fsp3) is 0.0435. The Morgan fingerprint density at radius 3 is 2.36 bits per heavy atom. The van der Waals surface area contributed by atoms with Gasteiger partial charge in [0.2, 0.25) is 0 Å². The van der Waals surface area contributed by atoms with Crippen molar-refractivity contribution in [3.63, 3.8) is 0 Å². The van der Waals surface area contributed by atoms with Crippen LogP contribution in [0, 0.1) is 10.1 Å². The van der Waals surface area contributed by atoms with Crippen LogP contribution >= 0.6 is 46.6 Å². The van der Waals surface area contributed by atoms with Crippen LogP contribution in [0.25, 0.3) is 17.1 Å². The summed E-state index contributed by atoms with van der Waals surface area (Å²) in [5.41, 5.74) is 4.11. The van der Waals surface area contributed by atoms with Gasteiger partial charge in [-0.25, -0.2) is 5.43 Å². The number of halogens is 3. The van der Waals surface area contributed by atoms with E-state index in [9.17, 15) is 14.9 Å². The molecule has 0 spiro atoms. The number of nitrogens with one attached hydrogen (secondary N) is 1. The molecule has 36 heavy (non-hydrogen) atoms. The second-order valence-corrected chi connectivity index (χ2v) is 9.40. The van der Waals surface area contributed by atoms with Crippen molar-refractivity contribution in [1.29, 1.82) is 0 Å². The number of rotatable bonds is 8. The van der Waals surface area contributed by atoms with Crippen LogP contribution in [0.15, 0.2) is 77.0 Å². The molecule has 0 saturated heterocycles. The van der Waals surface area contributed by atoms with Gasteiger partial charge in [0, 0.05) is 32.9 Å². The van der Waals surface area contributed by atoms with E-state index >= 15 is 0 Å². The predicted molar refractivity (Wildman–Crippen MR) is 141 cm³/mol. The molecule has 0 unspecified atom stereocenters. The predicted octanol–water partition coefficient (Wildman–Crippen LogP) is 6.05.